The third-order valence-electron chi connectivity index (χ3n) is 2.67. The van der Waals surface area contributed by atoms with Crippen LogP contribution in [0.4, 0.5) is 4.79 Å². The number of carbonyl (C=O) groups is 2. The fraction of sp³-hybridized carbons (Fsp3) is 0.833. The zero-order valence-electron chi connectivity index (χ0n) is 11.4. The summed E-state index contributed by atoms with van der Waals surface area (Å²) in [6, 6.07) is -0.461. The van der Waals surface area contributed by atoms with Crippen LogP contribution in [0.5, 0.6) is 0 Å². The predicted molar refractivity (Wildman–Crippen MR) is 68.6 cm³/mol. The quantitative estimate of drug-likeness (QED) is 0.546. The first-order chi connectivity index (χ1) is 8.46. The van der Waals surface area contributed by atoms with Crippen LogP contribution in [0.1, 0.15) is 40.0 Å². The maximum Gasteiger partial charge on any atom is 0.329 e. The highest BCUT2D eigenvalue weighted by atomic mass is 16.5. The molecule has 0 radical (unpaired) electrons. The molecular formula is C12H24N2O4. The van der Waals surface area contributed by atoms with E-state index in [1.165, 1.54) is 6.92 Å². The smallest absolute Gasteiger partial charge is 0.329 e. The minimum Gasteiger partial charge on any atom is -0.480 e. The summed E-state index contributed by atoms with van der Waals surface area (Å²) in [5, 5.41) is 14.1. The summed E-state index contributed by atoms with van der Waals surface area (Å²) < 4.78 is 5.26. The molecule has 0 aliphatic rings. The van der Waals surface area contributed by atoms with Crippen LogP contribution in [0, 0.1) is 0 Å². The fourth-order valence-electron chi connectivity index (χ4n) is 1.21. The third kappa shape index (κ3) is 6.44. The van der Waals surface area contributed by atoms with Gasteiger partial charge in [0.2, 0.25) is 0 Å². The normalized spacial score (nSPS) is 13.7. The summed E-state index contributed by atoms with van der Waals surface area (Å²) in [5.74, 6) is -1.04. The van der Waals surface area contributed by atoms with Gasteiger partial charge in [0.15, 0.2) is 0 Å². The molecular weight excluding hydrogens is 236 g/mol. The molecule has 0 heterocycles. The van der Waals surface area contributed by atoms with E-state index in [0.29, 0.717) is 26.0 Å². The summed E-state index contributed by atoms with van der Waals surface area (Å²) in [7, 11) is 0. The van der Waals surface area contributed by atoms with Gasteiger partial charge in [0.1, 0.15) is 5.54 Å². The van der Waals surface area contributed by atoms with E-state index in [2.05, 4.69) is 10.6 Å². The number of carbonyl (C=O) groups excluding carboxylic acids is 1. The molecule has 106 valence electrons. The van der Waals surface area contributed by atoms with Gasteiger partial charge in [-0.3, -0.25) is 0 Å². The highest BCUT2D eigenvalue weighted by Gasteiger charge is 2.32. The summed E-state index contributed by atoms with van der Waals surface area (Å²) in [5.41, 5.74) is -1.22. The minimum atomic E-state index is -1.22. The van der Waals surface area contributed by atoms with E-state index in [9.17, 15) is 9.59 Å². The summed E-state index contributed by atoms with van der Waals surface area (Å²) in [6.07, 6.45) is 2.01. The maximum atomic E-state index is 11.5. The van der Waals surface area contributed by atoms with Crippen molar-refractivity contribution in [1.82, 2.24) is 10.6 Å². The standard InChI is InChI=1S/C12H24N2O4/c1-4-8-18-9-6-7-13-11(17)14-12(3,5-2)10(15)16/h4-9H2,1-3H3,(H,15,16)(H2,13,14,17). The first-order valence-corrected chi connectivity index (χ1v) is 6.33. The van der Waals surface area contributed by atoms with Crippen molar-refractivity contribution in [3.05, 3.63) is 0 Å². The Kier molecular flexibility index (Phi) is 8.11. The molecule has 0 saturated carbocycles. The van der Waals surface area contributed by atoms with E-state index in [-0.39, 0.29) is 0 Å². The Morgan fingerprint density at radius 1 is 1.28 bits per heavy atom. The first kappa shape index (κ1) is 16.7. The number of rotatable bonds is 9. The van der Waals surface area contributed by atoms with Gasteiger partial charge < -0.3 is 20.5 Å². The van der Waals surface area contributed by atoms with Crippen LogP contribution in [-0.2, 0) is 9.53 Å². The molecule has 0 aliphatic heterocycles. The van der Waals surface area contributed by atoms with Crippen molar-refractivity contribution in [3.8, 4) is 0 Å². The molecule has 0 bridgehead atoms. The number of urea groups is 1. The van der Waals surface area contributed by atoms with E-state index in [0.717, 1.165) is 13.0 Å². The third-order valence-corrected chi connectivity index (χ3v) is 2.67. The van der Waals surface area contributed by atoms with Gasteiger partial charge in [0.05, 0.1) is 0 Å². The number of carboxylic acid groups (broad SMARTS) is 1. The van der Waals surface area contributed by atoms with E-state index in [1.54, 1.807) is 6.92 Å². The molecule has 0 fully saturated rings. The first-order valence-electron chi connectivity index (χ1n) is 6.33. The molecule has 0 spiro atoms. The van der Waals surface area contributed by atoms with Gasteiger partial charge in [0, 0.05) is 19.8 Å². The number of carboxylic acids is 1. The van der Waals surface area contributed by atoms with Gasteiger partial charge in [-0.15, -0.1) is 0 Å². The number of hydrogen-bond donors (Lipinski definition) is 3. The Balaban J connectivity index is 3.80. The van der Waals surface area contributed by atoms with Gasteiger partial charge in [-0.25, -0.2) is 9.59 Å². The Morgan fingerprint density at radius 2 is 1.94 bits per heavy atom. The molecule has 3 N–H and O–H groups in total. The number of ether oxygens (including phenoxy) is 1. The van der Waals surface area contributed by atoms with Crippen molar-refractivity contribution >= 4 is 12.0 Å². The molecule has 0 saturated heterocycles. The van der Waals surface area contributed by atoms with Gasteiger partial charge in [0.25, 0.3) is 0 Å². The van der Waals surface area contributed by atoms with Crippen molar-refractivity contribution in [3.63, 3.8) is 0 Å². The van der Waals surface area contributed by atoms with Crippen molar-refractivity contribution in [2.24, 2.45) is 0 Å². The average Bonchev–Trinajstić information content (AvgIpc) is 2.33. The molecule has 0 aliphatic carbocycles. The largest absolute Gasteiger partial charge is 0.480 e. The minimum absolute atomic E-state index is 0.329. The Hall–Kier alpha value is -1.30. The molecule has 18 heavy (non-hydrogen) atoms. The second-order valence-electron chi connectivity index (χ2n) is 4.34. The van der Waals surface area contributed by atoms with Crippen LogP contribution in [0.3, 0.4) is 0 Å². The summed E-state index contributed by atoms with van der Waals surface area (Å²) in [4.78, 5) is 22.5. The van der Waals surface area contributed by atoms with Gasteiger partial charge in [-0.1, -0.05) is 13.8 Å². The van der Waals surface area contributed by atoms with Crippen LogP contribution in [0.2, 0.25) is 0 Å². The van der Waals surface area contributed by atoms with Crippen molar-refractivity contribution < 1.29 is 19.4 Å². The molecule has 0 rings (SSSR count). The zero-order valence-corrected chi connectivity index (χ0v) is 11.4. The Bertz CT molecular complexity index is 271. The van der Waals surface area contributed by atoms with Gasteiger partial charge in [-0.2, -0.15) is 0 Å². The van der Waals surface area contributed by atoms with E-state index in [1.807, 2.05) is 6.92 Å². The van der Waals surface area contributed by atoms with Gasteiger partial charge in [-0.05, 0) is 26.2 Å². The molecule has 0 aromatic carbocycles. The average molecular weight is 260 g/mol. The highest BCUT2D eigenvalue weighted by Crippen LogP contribution is 2.08. The van der Waals surface area contributed by atoms with Crippen LogP contribution >= 0.6 is 0 Å². The summed E-state index contributed by atoms with van der Waals surface area (Å²) in [6.45, 7) is 7.02. The lowest BCUT2D eigenvalue weighted by Crippen LogP contribution is -2.54. The molecule has 6 heteroatoms. The molecule has 1 atom stereocenters. The SMILES string of the molecule is CCCOCCCNC(=O)NC(C)(CC)C(=O)O. The molecule has 0 aromatic heterocycles. The Morgan fingerprint density at radius 3 is 2.44 bits per heavy atom. The monoisotopic (exact) mass is 260 g/mol. The molecule has 2 amide bonds. The van der Waals surface area contributed by atoms with Crippen molar-refractivity contribution in [2.75, 3.05) is 19.8 Å². The molecule has 6 nitrogen and oxygen atoms in total. The zero-order chi connectivity index (χ0) is 14.0. The van der Waals surface area contributed by atoms with Crippen LogP contribution in [0.25, 0.3) is 0 Å². The lowest BCUT2D eigenvalue weighted by Gasteiger charge is -2.24. The predicted octanol–water partition coefficient (Wildman–Crippen LogP) is 1.36. The lowest BCUT2D eigenvalue weighted by molar-refractivity contribution is -0.143. The van der Waals surface area contributed by atoms with Crippen LogP contribution in [-0.4, -0.2) is 42.4 Å². The second kappa shape index (κ2) is 8.74. The number of hydrogen-bond acceptors (Lipinski definition) is 3. The van der Waals surface area contributed by atoms with Gasteiger partial charge >= 0.3 is 12.0 Å². The van der Waals surface area contributed by atoms with E-state index < -0.39 is 17.5 Å². The number of amides is 2. The van der Waals surface area contributed by atoms with E-state index >= 15 is 0 Å². The second-order valence-corrected chi connectivity index (χ2v) is 4.34. The summed E-state index contributed by atoms with van der Waals surface area (Å²) >= 11 is 0. The highest BCUT2D eigenvalue weighted by molar-refractivity contribution is 5.85. The molecule has 0 aromatic rings. The lowest BCUT2D eigenvalue weighted by atomic mass is 10.00. The molecule has 1 unspecified atom stereocenters. The van der Waals surface area contributed by atoms with Crippen LogP contribution in [0.15, 0.2) is 0 Å². The van der Waals surface area contributed by atoms with Crippen molar-refractivity contribution in [2.45, 2.75) is 45.6 Å². The number of aliphatic carboxylic acids is 1. The maximum absolute atomic E-state index is 11.5. The fourth-order valence-corrected chi connectivity index (χ4v) is 1.21. The van der Waals surface area contributed by atoms with Crippen LogP contribution < -0.4 is 10.6 Å². The van der Waals surface area contributed by atoms with Crippen molar-refractivity contribution in [1.29, 1.82) is 0 Å². The topological polar surface area (TPSA) is 87.7 Å². The number of nitrogens with one attached hydrogen (secondary N) is 2. The van der Waals surface area contributed by atoms with E-state index in [4.69, 9.17) is 9.84 Å². The Labute approximate surface area is 108 Å².